The van der Waals surface area contributed by atoms with Gasteiger partial charge in [-0.15, -0.1) is 11.8 Å². The maximum Gasteiger partial charge on any atom is 0.254 e. The molecule has 3 heterocycles. The average Bonchev–Trinajstić information content (AvgIpc) is 3.32. The van der Waals surface area contributed by atoms with Gasteiger partial charge in [-0.1, -0.05) is 23.4 Å². The molecule has 1 N–H and O–H groups in total. The molecule has 0 saturated heterocycles. The molecule has 1 amide bonds. The van der Waals surface area contributed by atoms with E-state index in [1.807, 2.05) is 36.6 Å². The van der Waals surface area contributed by atoms with E-state index in [0.717, 1.165) is 11.0 Å². The Morgan fingerprint density at radius 3 is 2.88 bits per heavy atom. The van der Waals surface area contributed by atoms with Crippen LogP contribution >= 0.6 is 11.8 Å². The number of nitrogens with zero attached hydrogens (tertiary/aromatic N) is 2. The number of amides is 1. The highest BCUT2D eigenvalue weighted by atomic mass is 32.2. The first-order valence-corrected chi connectivity index (χ1v) is 9.19. The molecule has 0 unspecified atom stereocenters. The molecule has 7 heteroatoms. The van der Waals surface area contributed by atoms with Gasteiger partial charge < -0.3 is 14.3 Å². The van der Waals surface area contributed by atoms with E-state index in [-0.39, 0.29) is 12.5 Å². The van der Waals surface area contributed by atoms with E-state index in [0.29, 0.717) is 27.8 Å². The quantitative estimate of drug-likeness (QED) is 0.536. The molecule has 0 bridgehead atoms. The van der Waals surface area contributed by atoms with Crippen molar-refractivity contribution in [1.29, 1.82) is 0 Å². The largest absolute Gasteiger partial charge is 0.453 e. The Hall–Kier alpha value is -3.06. The maximum absolute atomic E-state index is 12.4. The van der Waals surface area contributed by atoms with Crippen LogP contribution in [0.25, 0.3) is 22.5 Å². The number of fused-ring (bicyclic) bond motifs is 1. The van der Waals surface area contributed by atoms with Crippen LogP contribution in [0.2, 0.25) is 0 Å². The molecule has 130 valence electrons. The van der Waals surface area contributed by atoms with E-state index < -0.39 is 0 Å². The van der Waals surface area contributed by atoms with Gasteiger partial charge in [-0.05, 0) is 30.5 Å². The fraction of sp³-hybridized carbons (Fsp3) is 0.105. The number of carbonyl (C=O) groups excluding carboxylic acids is 1. The van der Waals surface area contributed by atoms with Crippen molar-refractivity contribution in [3.63, 3.8) is 0 Å². The Kier molecular flexibility index (Phi) is 4.45. The predicted octanol–water partition coefficient (Wildman–Crippen LogP) is 4.13. The summed E-state index contributed by atoms with van der Waals surface area (Å²) in [7, 11) is 0. The van der Waals surface area contributed by atoms with Crippen molar-refractivity contribution in [2.24, 2.45) is 0 Å². The Labute approximate surface area is 153 Å². The van der Waals surface area contributed by atoms with Crippen molar-refractivity contribution in [3.8, 4) is 11.5 Å². The van der Waals surface area contributed by atoms with Gasteiger partial charge in [0.1, 0.15) is 16.3 Å². The molecule has 0 aliphatic carbocycles. The summed E-state index contributed by atoms with van der Waals surface area (Å²) in [4.78, 5) is 16.5. The van der Waals surface area contributed by atoms with Crippen LogP contribution in [0, 0.1) is 0 Å². The first-order chi connectivity index (χ1) is 12.7. The molecule has 26 heavy (non-hydrogen) atoms. The number of hydrogen-bond donors (Lipinski definition) is 1. The molecule has 1 aromatic carbocycles. The average molecular weight is 365 g/mol. The number of aromatic nitrogens is 2. The summed E-state index contributed by atoms with van der Waals surface area (Å²) in [6.45, 7) is 0.255. The second kappa shape index (κ2) is 7.05. The van der Waals surface area contributed by atoms with Crippen molar-refractivity contribution >= 4 is 28.6 Å². The third kappa shape index (κ3) is 3.21. The van der Waals surface area contributed by atoms with Gasteiger partial charge in [0.25, 0.3) is 5.91 Å². The van der Waals surface area contributed by atoms with E-state index >= 15 is 0 Å². The zero-order chi connectivity index (χ0) is 17.9. The lowest BCUT2D eigenvalue weighted by atomic mass is 10.2. The van der Waals surface area contributed by atoms with Crippen LogP contribution in [0.1, 0.15) is 16.1 Å². The SMILES string of the molecule is CSc1ncccc1C(=O)NCc1cc(-c2cc3ccccc3o2)on1. The van der Waals surface area contributed by atoms with Crippen LogP contribution in [-0.2, 0) is 6.54 Å². The monoisotopic (exact) mass is 365 g/mol. The maximum atomic E-state index is 12.4. The Balaban J connectivity index is 1.47. The van der Waals surface area contributed by atoms with Gasteiger partial charge in [0.05, 0.1) is 12.1 Å². The molecule has 0 radical (unpaired) electrons. The third-order valence-electron chi connectivity index (χ3n) is 3.87. The molecule has 0 aliphatic heterocycles. The summed E-state index contributed by atoms with van der Waals surface area (Å²) in [5.41, 5.74) is 1.94. The van der Waals surface area contributed by atoms with Crippen LogP contribution in [0.4, 0.5) is 0 Å². The smallest absolute Gasteiger partial charge is 0.254 e. The van der Waals surface area contributed by atoms with Crippen LogP contribution in [0.15, 0.2) is 68.7 Å². The number of benzene rings is 1. The summed E-state index contributed by atoms with van der Waals surface area (Å²) in [5.74, 6) is 0.931. The third-order valence-corrected chi connectivity index (χ3v) is 4.58. The molecule has 6 nitrogen and oxygen atoms in total. The normalized spacial score (nSPS) is 11.0. The molecule has 3 aromatic heterocycles. The summed E-state index contributed by atoms with van der Waals surface area (Å²) in [5, 5.41) is 8.52. The molecule has 0 aliphatic rings. The number of carbonyl (C=O) groups is 1. The number of furan rings is 1. The zero-order valence-corrected chi connectivity index (χ0v) is 14.7. The molecule has 4 aromatic rings. The standard InChI is InChI=1S/C19H15N3O3S/c1-26-19-14(6-4-8-20-19)18(23)21-11-13-10-17(25-22-13)16-9-12-5-2-3-7-15(12)24-16/h2-10H,11H2,1H3,(H,21,23). The summed E-state index contributed by atoms with van der Waals surface area (Å²) in [6, 6.07) is 14.9. The molecule has 0 atom stereocenters. The van der Waals surface area contributed by atoms with Crippen LogP contribution < -0.4 is 5.32 Å². The zero-order valence-electron chi connectivity index (χ0n) is 13.9. The molecule has 4 rings (SSSR count). The number of rotatable bonds is 5. The van der Waals surface area contributed by atoms with Crippen LogP contribution in [0.5, 0.6) is 0 Å². The minimum absolute atomic E-state index is 0.198. The van der Waals surface area contributed by atoms with Gasteiger partial charge >= 0.3 is 0 Å². The van der Waals surface area contributed by atoms with Crippen molar-refractivity contribution < 1.29 is 13.7 Å². The number of thioether (sulfide) groups is 1. The topological polar surface area (TPSA) is 81.2 Å². The predicted molar refractivity (Wildman–Crippen MR) is 98.9 cm³/mol. The van der Waals surface area contributed by atoms with E-state index in [1.54, 1.807) is 24.4 Å². The lowest BCUT2D eigenvalue weighted by molar-refractivity contribution is 0.0946. The number of para-hydroxylation sites is 1. The van der Waals surface area contributed by atoms with Crippen LogP contribution in [-0.4, -0.2) is 22.3 Å². The number of nitrogens with one attached hydrogen (secondary N) is 1. The van der Waals surface area contributed by atoms with Gasteiger partial charge in [0.15, 0.2) is 5.76 Å². The van der Waals surface area contributed by atoms with Gasteiger partial charge in [0, 0.05) is 17.6 Å². The second-order valence-corrected chi connectivity index (χ2v) is 6.37. The van der Waals surface area contributed by atoms with Crippen molar-refractivity contribution in [3.05, 3.63) is 66.0 Å². The Morgan fingerprint density at radius 2 is 2.04 bits per heavy atom. The lowest BCUT2D eigenvalue weighted by Crippen LogP contribution is -2.23. The highest BCUT2D eigenvalue weighted by Crippen LogP contribution is 2.28. The first-order valence-electron chi connectivity index (χ1n) is 7.96. The highest BCUT2D eigenvalue weighted by Gasteiger charge is 2.14. The van der Waals surface area contributed by atoms with Crippen LogP contribution in [0.3, 0.4) is 0 Å². The molecule has 0 saturated carbocycles. The fourth-order valence-electron chi connectivity index (χ4n) is 2.61. The van der Waals surface area contributed by atoms with Crippen molar-refractivity contribution in [2.75, 3.05) is 6.26 Å². The van der Waals surface area contributed by atoms with Gasteiger partial charge in [0.2, 0.25) is 5.76 Å². The first kappa shape index (κ1) is 16.4. The van der Waals surface area contributed by atoms with Gasteiger partial charge in [-0.3, -0.25) is 4.79 Å². The molecular formula is C19H15N3O3S. The summed E-state index contributed by atoms with van der Waals surface area (Å²) < 4.78 is 11.1. The van der Waals surface area contributed by atoms with E-state index in [4.69, 9.17) is 8.94 Å². The fourth-order valence-corrected chi connectivity index (χ4v) is 3.15. The van der Waals surface area contributed by atoms with E-state index in [9.17, 15) is 4.79 Å². The molecule has 0 spiro atoms. The number of pyridine rings is 1. The van der Waals surface area contributed by atoms with E-state index in [2.05, 4.69) is 15.5 Å². The Morgan fingerprint density at radius 1 is 1.15 bits per heavy atom. The number of hydrogen-bond acceptors (Lipinski definition) is 6. The van der Waals surface area contributed by atoms with E-state index in [1.165, 1.54) is 11.8 Å². The molecule has 0 fully saturated rings. The Bertz CT molecular complexity index is 1040. The molecular weight excluding hydrogens is 350 g/mol. The summed E-state index contributed by atoms with van der Waals surface area (Å²) >= 11 is 1.43. The van der Waals surface area contributed by atoms with Gasteiger partial charge in [-0.25, -0.2) is 4.98 Å². The summed E-state index contributed by atoms with van der Waals surface area (Å²) in [6.07, 6.45) is 3.55. The van der Waals surface area contributed by atoms with Crippen molar-refractivity contribution in [2.45, 2.75) is 11.6 Å². The lowest BCUT2D eigenvalue weighted by Gasteiger charge is -2.05. The van der Waals surface area contributed by atoms with Crippen molar-refractivity contribution in [1.82, 2.24) is 15.5 Å². The van der Waals surface area contributed by atoms with Gasteiger partial charge in [-0.2, -0.15) is 0 Å². The minimum Gasteiger partial charge on any atom is -0.453 e. The second-order valence-electron chi connectivity index (χ2n) is 5.57. The minimum atomic E-state index is -0.198. The highest BCUT2D eigenvalue weighted by molar-refractivity contribution is 7.98.